The summed E-state index contributed by atoms with van der Waals surface area (Å²) in [5, 5.41) is 3.97. The van der Waals surface area contributed by atoms with Crippen LogP contribution in [0.25, 0.3) is 0 Å². The summed E-state index contributed by atoms with van der Waals surface area (Å²) in [6, 6.07) is 11.5. The van der Waals surface area contributed by atoms with Crippen LogP contribution < -0.4 is 5.32 Å². The smallest absolute Gasteiger partial charge is 0.123 e. The maximum atomic E-state index is 5.87. The molecule has 1 aromatic heterocycles. The van der Waals surface area contributed by atoms with Gasteiger partial charge >= 0.3 is 0 Å². The van der Waals surface area contributed by atoms with Crippen LogP contribution in [-0.4, -0.2) is 0 Å². The Labute approximate surface area is 93.9 Å². The van der Waals surface area contributed by atoms with Crippen molar-refractivity contribution in [2.45, 2.75) is 13.5 Å². The van der Waals surface area contributed by atoms with Crippen LogP contribution in [0.3, 0.4) is 0 Å². The summed E-state index contributed by atoms with van der Waals surface area (Å²) in [6.07, 6.45) is 0. The SMILES string of the molecule is Cc1ccc(CNc2cccc(Cl)c2)o1. The summed E-state index contributed by atoms with van der Waals surface area (Å²) in [7, 11) is 0. The Morgan fingerprint density at radius 3 is 2.80 bits per heavy atom. The third kappa shape index (κ3) is 2.77. The van der Waals surface area contributed by atoms with Gasteiger partial charge in [0.25, 0.3) is 0 Å². The molecule has 1 aromatic carbocycles. The van der Waals surface area contributed by atoms with Crippen molar-refractivity contribution in [1.82, 2.24) is 0 Å². The van der Waals surface area contributed by atoms with Gasteiger partial charge in [0.1, 0.15) is 11.5 Å². The Morgan fingerprint density at radius 1 is 1.27 bits per heavy atom. The molecule has 0 unspecified atom stereocenters. The second-order valence-corrected chi connectivity index (χ2v) is 3.81. The van der Waals surface area contributed by atoms with Gasteiger partial charge in [-0.3, -0.25) is 0 Å². The van der Waals surface area contributed by atoms with E-state index >= 15 is 0 Å². The van der Waals surface area contributed by atoms with Gasteiger partial charge in [0.2, 0.25) is 0 Å². The minimum atomic E-state index is 0.675. The van der Waals surface area contributed by atoms with E-state index < -0.39 is 0 Å². The molecule has 15 heavy (non-hydrogen) atoms. The molecule has 0 bridgehead atoms. The normalized spacial score (nSPS) is 10.3. The number of hydrogen-bond donors (Lipinski definition) is 1. The fourth-order valence-corrected chi connectivity index (χ4v) is 1.56. The van der Waals surface area contributed by atoms with Crippen LogP contribution in [0.5, 0.6) is 0 Å². The second kappa shape index (κ2) is 4.41. The van der Waals surface area contributed by atoms with Crippen molar-refractivity contribution in [1.29, 1.82) is 0 Å². The summed E-state index contributed by atoms with van der Waals surface area (Å²) >= 11 is 5.87. The molecular weight excluding hydrogens is 210 g/mol. The van der Waals surface area contributed by atoms with Crippen molar-refractivity contribution < 1.29 is 4.42 Å². The number of nitrogens with one attached hydrogen (secondary N) is 1. The van der Waals surface area contributed by atoms with E-state index in [-0.39, 0.29) is 0 Å². The van der Waals surface area contributed by atoms with Crippen molar-refractivity contribution in [3.05, 3.63) is 52.9 Å². The van der Waals surface area contributed by atoms with Crippen molar-refractivity contribution in [2.24, 2.45) is 0 Å². The number of benzene rings is 1. The zero-order valence-corrected chi connectivity index (χ0v) is 9.21. The molecular formula is C12H12ClNO. The van der Waals surface area contributed by atoms with Gasteiger partial charge in [-0.25, -0.2) is 0 Å². The maximum absolute atomic E-state index is 5.87. The summed E-state index contributed by atoms with van der Waals surface area (Å²) in [5.74, 6) is 1.85. The lowest BCUT2D eigenvalue weighted by Crippen LogP contribution is -1.97. The Hall–Kier alpha value is -1.41. The van der Waals surface area contributed by atoms with Gasteiger partial charge in [-0.2, -0.15) is 0 Å². The van der Waals surface area contributed by atoms with Crippen molar-refractivity contribution in [2.75, 3.05) is 5.32 Å². The van der Waals surface area contributed by atoms with E-state index in [1.54, 1.807) is 0 Å². The first-order valence-corrected chi connectivity index (χ1v) is 5.16. The van der Waals surface area contributed by atoms with Crippen LogP contribution in [0.2, 0.25) is 5.02 Å². The van der Waals surface area contributed by atoms with Crippen molar-refractivity contribution in [3.63, 3.8) is 0 Å². The van der Waals surface area contributed by atoms with E-state index in [4.69, 9.17) is 16.0 Å². The lowest BCUT2D eigenvalue weighted by molar-refractivity contribution is 0.490. The van der Waals surface area contributed by atoms with Gasteiger partial charge < -0.3 is 9.73 Å². The third-order valence-corrected chi connectivity index (χ3v) is 2.32. The third-order valence-electron chi connectivity index (χ3n) is 2.09. The lowest BCUT2D eigenvalue weighted by atomic mass is 10.3. The Kier molecular flexibility index (Phi) is 2.97. The molecule has 0 aliphatic rings. The molecule has 1 N–H and O–H groups in total. The molecule has 0 atom stereocenters. The quantitative estimate of drug-likeness (QED) is 0.852. The predicted octanol–water partition coefficient (Wildman–Crippen LogP) is 3.85. The molecule has 1 heterocycles. The average Bonchev–Trinajstić information content (AvgIpc) is 2.62. The zero-order valence-electron chi connectivity index (χ0n) is 8.46. The standard InChI is InChI=1S/C12H12ClNO/c1-9-5-6-12(15-9)8-14-11-4-2-3-10(13)7-11/h2-7,14H,8H2,1H3. The molecule has 0 saturated carbocycles. The van der Waals surface area contributed by atoms with Gasteiger partial charge in [0.15, 0.2) is 0 Å². The summed E-state index contributed by atoms with van der Waals surface area (Å²) in [5.41, 5.74) is 0.997. The van der Waals surface area contributed by atoms with Crippen LogP contribution in [0.1, 0.15) is 11.5 Å². The van der Waals surface area contributed by atoms with E-state index in [0.717, 1.165) is 22.2 Å². The second-order valence-electron chi connectivity index (χ2n) is 3.38. The van der Waals surface area contributed by atoms with E-state index in [1.807, 2.05) is 43.3 Å². The fraction of sp³-hybridized carbons (Fsp3) is 0.167. The molecule has 2 rings (SSSR count). The van der Waals surface area contributed by atoms with E-state index in [1.165, 1.54) is 0 Å². The van der Waals surface area contributed by atoms with Crippen LogP contribution in [0, 0.1) is 6.92 Å². The zero-order chi connectivity index (χ0) is 10.7. The van der Waals surface area contributed by atoms with Crippen molar-refractivity contribution >= 4 is 17.3 Å². The monoisotopic (exact) mass is 221 g/mol. The van der Waals surface area contributed by atoms with Crippen LogP contribution >= 0.6 is 11.6 Å². The number of anilines is 1. The minimum Gasteiger partial charge on any atom is -0.465 e. The van der Waals surface area contributed by atoms with Gasteiger partial charge in [-0.05, 0) is 37.3 Å². The van der Waals surface area contributed by atoms with Gasteiger partial charge in [0.05, 0.1) is 6.54 Å². The van der Waals surface area contributed by atoms with Crippen LogP contribution in [-0.2, 0) is 6.54 Å². The predicted molar refractivity (Wildman–Crippen MR) is 62.2 cm³/mol. The number of rotatable bonds is 3. The van der Waals surface area contributed by atoms with Crippen molar-refractivity contribution in [3.8, 4) is 0 Å². The van der Waals surface area contributed by atoms with E-state index in [2.05, 4.69) is 5.32 Å². The first-order chi connectivity index (χ1) is 7.24. The summed E-state index contributed by atoms with van der Waals surface area (Å²) < 4.78 is 5.44. The fourth-order valence-electron chi connectivity index (χ4n) is 1.37. The van der Waals surface area contributed by atoms with Crippen LogP contribution in [0.4, 0.5) is 5.69 Å². The molecule has 3 heteroatoms. The number of furan rings is 1. The van der Waals surface area contributed by atoms with Crippen LogP contribution in [0.15, 0.2) is 40.8 Å². The van der Waals surface area contributed by atoms with Gasteiger partial charge in [-0.15, -0.1) is 0 Å². The average molecular weight is 222 g/mol. The number of aryl methyl sites for hydroxylation is 1. The molecule has 0 radical (unpaired) electrons. The molecule has 0 spiro atoms. The minimum absolute atomic E-state index is 0.675. The molecule has 0 aliphatic heterocycles. The molecule has 2 nitrogen and oxygen atoms in total. The Balaban J connectivity index is 1.99. The molecule has 0 aliphatic carbocycles. The summed E-state index contributed by atoms with van der Waals surface area (Å²) in [6.45, 7) is 2.61. The summed E-state index contributed by atoms with van der Waals surface area (Å²) in [4.78, 5) is 0. The number of halogens is 1. The van der Waals surface area contributed by atoms with E-state index in [0.29, 0.717) is 6.54 Å². The molecule has 0 fully saturated rings. The highest BCUT2D eigenvalue weighted by molar-refractivity contribution is 6.30. The van der Waals surface area contributed by atoms with Gasteiger partial charge in [0, 0.05) is 10.7 Å². The Morgan fingerprint density at radius 2 is 2.13 bits per heavy atom. The molecule has 0 saturated heterocycles. The highest BCUT2D eigenvalue weighted by Crippen LogP contribution is 2.16. The largest absolute Gasteiger partial charge is 0.465 e. The topological polar surface area (TPSA) is 25.2 Å². The molecule has 2 aromatic rings. The Bertz CT molecular complexity index is 450. The first-order valence-electron chi connectivity index (χ1n) is 4.79. The lowest BCUT2D eigenvalue weighted by Gasteiger charge is -2.04. The number of hydrogen-bond acceptors (Lipinski definition) is 2. The molecule has 78 valence electrons. The highest BCUT2D eigenvalue weighted by Gasteiger charge is 1.98. The maximum Gasteiger partial charge on any atom is 0.123 e. The first kappa shape index (κ1) is 10.1. The van der Waals surface area contributed by atoms with Gasteiger partial charge in [-0.1, -0.05) is 17.7 Å². The van der Waals surface area contributed by atoms with E-state index in [9.17, 15) is 0 Å². The highest BCUT2D eigenvalue weighted by atomic mass is 35.5. The molecule has 0 amide bonds.